The predicted octanol–water partition coefficient (Wildman–Crippen LogP) is 8.60. The number of carbonyl (C=O) groups excluding carboxylic acids is 1. The van der Waals surface area contributed by atoms with Crippen LogP contribution in [0, 0.1) is 5.41 Å². The fraction of sp³-hybridized carbons (Fsp3) is 0.452. The van der Waals surface area contributed by atoms with Crippen molar-refractivity contribution in [3.63, 3.8) is 0 Å². The monoisotopic (exact) mass is 528 g/mol. The summed E-state index contributed by atoms with van der Waals surface area (Å²) < 4.78 is 59.8. The molecule has 2 aromatic carbocycles. The molecular weight excluding hydrogens is 493 g/mol. The van der Waals surface area contributed by atoms with Gasteiger partial charge in [0.15, 0.2) is 0 Å². The lowest BCUT2D eigenvalue weighted by molar-refractivity contribution is -0.262. The number of alkyl halides is 3. The third-order valence-electron chi connectivity index (χ3n) is 7.72. The molecule has 0 bridgehead atoms. The zero-order chi connectivity index (χ0) is 27.5. The maximum Gasteiger partial charge on any atom is 0.401 e. The molecule has 1 aliphatic rings. The number of carbonyl (C=O) groups is 1. The number of rotatable bonds is 10. The predicted molar refractivity (Wildman–Crippen MR) is 142 cm³/mol. The van der Waals surface area contributed by atoms with Crippen LogP contribution in [-0.2, 0) is 22.4 Å². The molecule has 0 saturated heterocycles. The quantitative estimate of drug-likeness (QED) is 0.150. The van der Waals surface area contributed by atoms with E-state index in [9.17, 15) is 18.0 Å². The Hall–Kier alpha value is -3.22. The molecule has 7 heteroatoms. The molecule has 0 amide bonds. The van der Waals surface area contributed by atoms with Crippen LogP contribution in [0.2, 0.25) is 0 Å². The van der Waals surface area contributed by atoms with Gasteiger partial charge in [-0.3, -0.25) is 0 Å². The number of aryl methyl sites for hydroxylation is 2. The lowest BCUT2D eigenvalue weighted by Gasteiger charge is -2.37. The average Bonchev–Trinajstić information content (AvgIpc) is 3.45. The molecule has 3 atom stereocenters. The summed E-state index contributed by atoms with van der Waals surface area (Å²) >= 11 is 0. The van der Waals surface area contributed by atoms with Gasteiger partial charge in [0.2, 0.25) is 0 Å². The Morgan fingerprint density at radius 3 is 2.55 bits per heavy atom. The number of benzene rings is 2. The van der Waals surface area contributed by atoms with Gasteiger partial charge in [0, 0.05) is 23.1 Å². The van der Waals surface area contributed by atoms with Crippen LogP contribution in [0.3, 0.4) is 0 Å². The summed E-state index contributed by atoms with van der Waals surface area (Å²) in [5.41, 5.74) is 1.70. The number of halogens is 3. The van der Waals surface area contributed by atoms with Crippen LogP contribution in [0.15, 0.2) is 59.5 Å². The summed E-state index contributed by atoms with van der Waals surface area (Å²) in [6.07, 6.45) is -0.733. The first kappa shape index (κ1) is 27.8. The first-order chi connectivity index (χ1) is 18.1. The Morgan fingerprint density at radius 2 is 1.87 bits per heavy atom. The zero-order valence-electron chi connectivity index (χ0n) is 22.2. The summed E-state index contributed by atoms with van der Waals surface area (Å²) in [5.74, 6) is 0.110. The van der Waals surface area contributed by atoms with Crippen molar-refractivity contribution in [2.24, 2.45) is 5.41 Å². The van der Waals surface area contributed by atoms with E-state index < -0.39 is 29.8 Å². The van der Waals surface area contributed by atoms with E-state index in [1.807, 2.05) is 6.07 Å². The van der Waals surface area contributed by atoms with Crippen LogP contribution in [0.4, 0.5) is 13.2 Å². The zero-order valence-corrected chi connectivity index (χ0v) is 22.2. The number of hydrogen-bond acceptors (Lipinski definition) is 4. The molecule has 204 valence electrons. The molecule has 4 rings (SSSR count). The van der Waals surface area contributed by atoms with E-state index in [0.717, 1.165) is 43.2 Å². The largest absolute Gasteiger partial charge is 0.489 e. The molecule has 1 aliphatic carbocycles. The van der Waals surface area contributed by atoms with Crippen LogP contribution in [0.25, 0.3) is 22.3 Å². The van der Waals surface area contributed by atoms with Crippen molar-refractivity contribution in [2.75, 3.05) is 0 Å². The Balaban J connectivity index is 1.58. The van der Waals surface area contributed by atoms with Gasteiger partial charge in [-0.1, -0.05) is 51.5 Å². The van der Waals surface area contributed by atoms with Crippen LogP contribution in [0.1, 0.15) is 64.0 Å². The lowest BCUT2D eigenvalue weighted by atomic mass is 9.83. The van der Waals surface area contributed by atoms with Gasteiger partial charge in [-0.2, -0.15) is 13.2 Å². The topological polar surface area (TPSA) is 48.7 Å². The van der Waals surface area contributed by atoms with E-state index >= 15 is 0 Å². The van der Waals surface area contributed by atoms with Crippen molar-refractivity contribution in [2.45, 2.75) is 84.1 Å². The highest BCUT2D eigenvalue weighted by molar-refractivity contribution is 5.84. The standard InChI is InChI=1S/C31H35F3O4/c1-5-8-9-10-20-11-14-24(21(6-2)17-20)26-18-22-12-13-23(19-25(22)37-26)36-27-15-16-28(38-29(35)7-3)30(27,4)31(32,33)34/h7,11-14,17-19,27-28H,3,5-6,8-10,15-16H2,1-2,4H3. The Bertz CT molecular complexity index is 1290. The smallest absolute Gasteiger partial charge is 0.401 e. The number of hydrogen-bond donors (Lipinski definition) is 0. The highest BCUT2D eigenvalue weighted by Gasteiger charge is 2.66. The van der Waals surface area contributed by atoms with Gasteiger partial charge in [0.05, 0.1) is 0 Å². The maximum atomic E-state index is 14.2. The number of ether oxygens (including phenoxy) is 2. The van der Waals surface area contributed by atoms with Crippen molar-refractivity contribution < 1.29 is 31.9 Å². The Labute approximate surface area is 221 Å². The van der Waals surface area contributed by atoms with Crippen LogP contribution < -0.4 is 4.74 Å². The molecule has 3 unspecified atom stereocenters. The first-order valence-corrected chi connectivity index (χ1v) is 13.3. The van der Waals surface area contributed by atoms with Gasteiger partial charge in [-0.25, -0.2) is 4.79 Å². The molecule has 1 aromatic heterocycles. The number of furan rings is 1. The molecule has 0 radical (unpaired) electrons. The minimum atomic E-state index is -4.64. The van der Waals surface area contributed by atoms with Crippen molar-refractivity contribution in [3.05, 3.63) is 66.2 Å². The second kappa shape index (κ2) is 11.3. The molecule has 4 nitrogen and oxygen atoms in total. The van der Waals surface area contributed by atoms with Gasteiger partial charge in [0.25, 0.3) is 0 Å². The van der Waals surface area contributed by atoms with Crippen LogP contribution in [0.5, 0.6) is 5.75 Å². The minimum Gasteiger partial charge on any atom is -0.489 e. The molecule has 0 N–H and O–H groups in total. The van der Waals surface area contributed by atoms with E-state index in [-0.39, 0.29) is 18.6 Å². The summed E-state index contributed by atoms with van der Waals surface area (Å²) in [5, 5.41) is 0.837. The van der Waals surface area contributed by atoms with E-state index in [0.29, 0.717) is 11.3 Å². The fourth-order valence-electron chi connectivity index (χ4n) is 5.32. The SMILES string of the molecule is C=CC(=O)OC1CCC(Oc2ccc3cc(-c4ccc(CCCCC)cc4CC)oc3c2)C1(C)C(F)(F)F. The highest BCUT2D eigenvalue weighted by atomic mass is 19.4. The normalized spacial score (nSPS) is 21.5. The van der Waals surface area contributed by atoms with Crippen molar-refractivity contribution in [1.29, 1.82) is 0 Å². The molecule has 1 heterocycles. The molecule has 3 aromatic rings. The van der Waals surface area contributed by atoms with E-state index in [4.69, 9.17) is 13.9 Å². The van der Waals surface area contributed by atoms with Gasteiger partial charge >= 0.3 is 12.1 Å². The van der Waals surface area contributed by atoms with Gasteiger partial charge in [0.1, 0.15) is 34.7 Å². The highest BCUT2D eigenvalue weighted by Crippen LogP contribution is 2.53. The second-order valence-electron chi connectivity index (χ2n) is 10.2. The van der Waals surface area contributed by atoms with Crippen molar-refractivity contribution in [3.8, 4) is 17.1 Å². The van der Waals surface area contributed by atoms with Gasteiger partial charge in [-0.05, 0) is 68.4 Å². The van der Waals surface area contributed by atoms with E-state index in [1.165, 1.54) is 24.0 Å². The third-order valence-corrected chi connectivity index (χ3v) is 7.72. The van der Waals surface area contributed by atoms with Crippen molar-refractivity contribution >= 4 is 16.9 Å². The molecule has 1 fully saturated rings. The number of unbranched alkanes of at least 4 members (excludes halogenated alkanes) is 2. The summed E-state index contributed by atoms with van der Waals surface area (Å²) in [6.45, 7) is 8.64. The van der Waals surface area contributed by atoms with Crippen LogP contribution >= 0.6 is 0 Å². The lowest BCUT2D eigenvalue weighted by Crippen LogP contribution is -2.51. The van der Waals surface area contributed by atoms with Crippen molar-refractivity contribution in [1.82, 2.24) is 0 Å². The summed E-state index contributed by atoms with van der Waals surface area (Å²) in [7, 11) is 0. The molecule has 1 saturated carbocycles. The average molecular weight is 529 g/mol. The van der Waals surface area contributed by atoms with Crippen LogP contribution in [-0.4, -0.2) is 24.4 Å². The minimum absolute atomic E-state index is 0.0433. The molecule has 0 aliphatic heterocycles. The Morgan fingerprint density at radius 1 is 1.11 bits per heavy atom. The third kappa shape index (κ3) is 5.47. The number of fused-ring (bicyclic) bond motifs is 1. The first-order valence-electron chi connectivity index (χ1n) is 13.3. The maximum absolute atomic E-state index is 14.2. The molecular formula is C31H35F3O4. The van der Waals surface area contributed by atoms with Gasteiger partial charge < -0.3 is 13.9 Å². The summed E-state index contributed by atoms with van der Waals surface area (Å²) in [4.78, 5) is 11.7. The summed E-state index contributed by atoms with van der Waals surface area (Å²) in [6, 6.07) is 13.5. The fourth-order valence-corrected chi connectivity index (χ4v) is 5.32. The van der Waals surface area contributed by atoms with E-state index in [1.54, 1.807) is 18.2 Å². The second-order valence-corrected chi connectivity index (χ2v) is 10.2. The number of esters is 1. The van der Waals surface area contributed by atoms with E-state index in [2.05, 4.69) is 38.6 Å². The van der Waals surface area contributed by atoms with Gasteiger partial charge in [-0.15, -0.1) is 0 Å². The molecule has 38 heavy (non-hydrogen) atoms. The Kier molecular flexibility index (Phi) is 8.24. The molecule has 0 spiro atoms.